The summed E-state index contributed by atoms with van der Waals surface area (Å²) in [6.45, 7) is 1.87. The van der Waals surface area contributed by atoms with Crippen LogP contribution in [0.3, 0.4) is 0 Å². The van der Waals surface area contributed by atoms with Gasteiger partial charge in [-0.3, -0.25) is 0 Å². The number of rotatable bonds is 2. The Hall–Kier alpha value is -0.440. The van der Waals surface area contributed by atoms with Crippen LogP contribution in [0.4, 0.5) is 0 Å². The Bertz CT molecular complexity index is 289. The Labute approximate surface area is 87.6 Å². The van der Waals surface area contributed by atoms with Crippen LogP contribution in [-0.2, 0) is 0 Å². The van der Waals surface area contributed by atoms with Crippen molar-refractivity contribution in [1.82, 2.24) is 0 Å². The molecule has 1 aromatic rings. The van der Waals surface area contributed by atoms with Gasteiger partial charge in [0, 0.05) is 6.04 Å². The largest absolute Gasteiger partial charge is 0.494 e. The summed E-state index contributed by atoms with van der Waals surface area (Å²) in [7, 11) is 1.53. The lowest BCUT2D eigenvalue weighted by atomic mass is 10.1. The van der Waals surface area contributed by atoms with Gasteiger partial charge in [0.2, 0.25) is 0 Å². The predicted octanol–water partition coefficient (Wildman–Crippen LogP) is 3.02. The Kier molecular flexibility index (Phi) is 3.42. The molecule has 0 aromatic heterocycles. The van der Waals surface area contributed by atoms with Gasteiger partial charge < -0.3 is 10.5 Å². The lowest BCUT2D eigenvalue weighted by Crippen LogP contribution is -2.05. The van der Waals surface area contributed by atoms with Gasteiger partial charge in [-0.05, 0) is 24.6 Å². The van der Waals surface area contributed by atoms with Crippen molar-refractivity contribution in [3.63, 3.8) is 0 Å². The number of benzene rings is 1. The summed E-state index contributed by atoms with van der Waals surface area (Å²) in [5, 5.41) is 0.976. The molecular formula is C9H11Cl2NO. The molecule has 0 fully saturated rings. The number of halogens is 2. The van der Waals surface area contributed by atoms with Gasteiger partial charge in [0.25, 0.3) is 0 Å². The number of methoxy groups -OCH3 is 1. The lowest BCUT2D eigenvalue weighted by Gasteiger charge is -2.10. The minimum atomic E-state index is -0.0825. The molecule has 0 spiro atoms. The summed E-state index contributed by atoms with van der Waals surface area (Å²) in [5.41, 5.74) is 6.58. The third kappa shape index (κ3) is 2.27. The zero-order valence-electron chi connectivity index (χ0n) is 7.47. The Morgan fingerprint density at radius 1 is 1.31 bits per heavy atom. The molecule has 2 N–H and O–H groups in total. The van der Waals surface area contributed by atoms with E-state index < -0.39 is 0 Å². The highest BCUT2D eigenvalue weighted by Gasteiger charge is 2.10. The number of ether oxygens (including phenoxy) is 1. The van der Waals surface area contributed by atoms with Gasteiger partial charge in [-0.1, -0.05) is 23.2 Å². The van der Waals surface area contributed by atoms with Crippen molar-refractivity contribution in [1.29, 1.82) is 0 Å². The van der Waals surface area contributed by atoms with Crippen LogP contribution in [-0.4, -0.2) is 7.11 Å². The highest BCUT2D eigenvalue weighted by molar-refractivity contribution is 6.37. The van der Waals surface area contributed by atoms with Crippen LogP contribution in [0.1, 0.15) is 18.5 Å². The highest BCUT2D eigenvalue weighted by atomic mass is 35.5. The van der Waals surface area contributed by atoms with Crippen LogP contribution >= 0.6 is 23.2 Å². The molecule has 0 bridgehead atoms. The van der Waals surface area contributed by atoms with Crippen LogP contribution in [0.25, 0.3) is 0 Å². The molecule has 13 heavy (non-hydrogen) atoms. The fourth-order valence-electron chi connectivity index (χ4n) is 1.04. The second-order valence-corrected chi connectivity index (χ2v) is 3.62. The predicted molar refractivity (Wildman–Crippen MR) is 55.6 cm³/mol. The molecular weight excluding hydrogens is 209 g/mol. The maximum absolute atomic E-state index is 5.91. The third-order valence-corrected chi connectivity index (χ3v) is 2.31. The molecule has 1 unspecified atom stereocenters. The summed E-state index contributed by atoms with van der Waals surface area (Å²) in [4.78, 5) is 0. The Morgan fingerprint density at radius 2 is 1.77 bits per heavy atom. The maximum atomic E-state index is 5.91. The summed E-state index contributed by atoms with van der Waals surface area (Å²) < 4.78 is 5.01. The van der Waals surface area contributed by atoms with Crippen LogP contribution in [0.5, 0.6) is 5.75 Å². The summed E-state index contributed by atoms with van der Waals surface area (Å²) in [6, 6.07) is 3.44. The van der Waals surface area contributed by atoms with Crippen molar-refractivity contribution < 1.29 is 4.74 Å². The average Bonchev–Trinajstić information content (AvgIpc) is 2.03. The van der Waals surface area contributed by atoms with Gasteiger partial charge in [0.15, 0.2) is 5.75 Å². The molecule has 4 heteroatoms. The van der Waals surface area contributed by atoms with Crippen molar-refractivity contribution in [2.45, 2.75) is 13.0 Å². The second-order valence-electron chi connectivity index (χ2n) is 2.81. The van der Waals surface area contributed by atoms with Gasteiger partial charge in [0.05, 0.1) is 17.2 Å². The maximum Gasteiger partial charge on any atom is 0.156 e. The van der Waals surface area contributed by atoms with E-state index in [0.29, 0.717) is 15.8 Å². The fraction of sp³-hybridized carbons (Fsp3) is 0.333. The summed E-state index contributed by atoms with van der Waals surface area (Å²) >= 11 is 11.8. The van der Waals surface area contributed by atoms with E-state index in [0.717, 1.165) is 5.56 Å². The smallest absolute Gasteiger partial charge is 0.156 e. The first-order valence-corrected chi connectivity index (χ1v) is 4.60. The van der Waals surface area contributed by atoms with E-state index in [4.69, 9.17) is 33.7 Å². The summed E-state index contributed by atoms with van der Waals surface area (Å²) in [6.07, 6.45) is 0. The number of hydrogen-bond acceptors (Lipinski definition) is 2. The van der Waals surface area contributed by atoms with Crippen molar-refractivity contribution >= 4 is 23.2 Å². The Morgan fingerprint density at radius 3 is 2.08 bits per heavy atom. The van der Waals surface area contributed by atoms with E-state index in [1.807, 2.05) is 6.92 Å². The SMILES string of the molecule is COc1c(Cl)cc(C(C)N)cc1Cl. The molecule has 72 valence electrons. The molecule has 0 radical (unpaired) electrons. The first-order chi connectivity index (χ1) is 6.06. The van der Waals surface area contributed by atoms with E-state index in [-0.39, 0.29) is 6.04 Å². The number of hydrogen-bond donors (Lipinski definition) is 1. The van der Waals surface area contributed by atoms with Gasteiger partial charge in [0.1, 0.15) is 0 Å². The summed E-state index contributed by atoms with van der Waals surface area (Å²) in [5.74, 6) is 0.493. The normalized spacial score (nSPS) is 12.7. The molecule has 0 amide bonds. The standard InChI is InChI=1S/C9H11Cl2NO/c1-5(12)6-3-7(10)9(13-2)8(11)4-6/h3-5H,12H2,1-2H3. The van der Waals surface area contributed by atoms with Crippen molar-refractivity contribution in [3.8, 4) is 5.75 Å². The van der Waals surface area contributed by atoms with Gasteiger partial charge >= 0.3 is 0 Å². The van der Waals surface area contributed by atoms with Gasteiger partial charge in [-0.25, -0.2) is 0 Å². The molecule has 1 rings (SSSR count). The molecule has 2 nitrogen and oxygen atoms in total. The molecule has 0 aliphatic carbocycles. The van der Waals surface area contributed by atoms with Crippen molar-refractivity contribution in [2.75, 3.05) is 7.11 Å². The lowest BCUT2D eigenvalue weighted by molar-refractivity contribution is 0.415. The highest BCUT2D eigenvalue weighted by Crippen LogP contribution is 2.34. The van der Waals surface area contributed by atoms with Crippen LogP contribution in [0.2, 0.25) is 10.0 Å². The van der Waals surface area contributed by atoms with Gasteiger partial charge in [-0.2, -0.15) is 0 Å². The van der Waals surface area contributed by atoms with Crippen molar-refractivity contribution in [2.24, 2.45) is 5.73 Å². The van der Waals surface area contributed by atoms with E-state index in [1.54, 1.807) is 12.1 Å². The van der Waals surface area contributed by atoms with Gasteiger partial charge in [-0.15, -0.1) is 0 Å². The molecule has 1 atom stereocenters. The molecule has 0 saturated carbocycles. The quantitative estimate of drug-likeness (QED) is 0.831. The first kappa shape index (κ1) is 10.6. The zero-order chi connectivity index (χ0) is 10.0. The zero-order valence-corrected chi connectivity index (χ0v) is 8.99. The van der Waals surface area contributed by atoms with E-state index in [2.05, 4.69) is 0 Å². The fourth-order valence-corrected chi connectivity index (χ4v) is 1.70. The van der Waals surface area contributed by atoms with Crippen LogP contribution in [0, 0.1) is 0 Å². The third-order valence-electron chi connectivity index (χ3n) is 1.75. The topological polar surface area (TPSA) is 35.2 Å². The monoisotopic (exact) mass is 219 g/mol. The molecule has 0 aliphatic heterocycles. The van der Waals surface area contributed by atoms with E-state index >= 15 is 0 Å². The number of nitrogens with two attached hydrogens (primary N) is 1. The molecule has 1 aromatic carbocycles. The average molecular weight is 220 g/mol. The molecule has 0 heterocycles. The minimum Gasteiger partial charge on any atom is -0.494 e. The Balaban J connectivity index is 3.20. The van der Waals surface area contributed by atoms with Crippen molar-refractivity contribution in [3.05, 3.63) is 27.7 Å². The van der Waals surface area contributed by atoms with Crippen LogP contribution < -0.4 is 10.5 Å². The van der Waals surface area contributed by atoms with E-state index in [1.165, 1.54) is 7.11 Å². The second kappa shape index (κ2) is 4.18. The molecule has 0 saturated heterocycles. The van der Waals surface area contributed by atoms with Crippen LogP contribution in [0.15, 0.2) is 12.1 Å². The molecule has 0 aliphatic rings. The van der Waals surface area contributed by atoms with E-state index in [9.17, 15) is 0 Å². The minimum absolute atomic E-state index is 0.0825. The first-order valence-electron chi connectivity index (χ1n) is 3.84.